The number of carbonyl (C=O) groups is 1. The number of hydrogen-bond donors (Lipinski definition) is 0. The summed E-state index contributed by atoms with van der Waals surface area (Å²) in [6.07, 6.45) is 1.74. The third-order valence-corrected chi connectivity index (χ3v) is 7.75. The number of esters is 1. The van der Waals surface area contributed by atoms with E-state index in [1.54, 1.807) is 60.9 Å². The minimum atomic E-state index is -0.685. The van der Waals surface area contributed by atoms with Crippen LogP contribution in [0.5, 0.6) is 11.5 Å². The molecule has 0 saturated heterocycles. The second kappa shape index (κ2) is 12.9. The van der Waals surface area contributed by atoms with Gasteiger partial charge in [0.15, 0.2) is 16.3 Å². The fourth-order valence-electron chi connectivity index (χ4n) is 4.86. The van der Waals surface area contributed by atoms with Crippen LogP contribution in [0.3, 0.4) is 0 Å². The van der Waals surface area contributed by atoms with Crippen molar-refractivity contribution >= 4 is 29.1 Å². The number of rotatable bonds is 10. The van der Waals surface area contributed by atoms with Gasteiger partial charge in [0, 0.05) is 6.07 Å². The zero-order valence-electron chi connectivity index (χ0n) is 23.8. The molecule has 2 heterocycles. The number of fused-ring (bicyclic) bond motifs is 1. The molecule has 1 aromatic heterocycles. The minimum Gasteiger partial charge on any atom is -0.490 e. The summed E-state index contributed by atoms with van der Waals surface area (Å²) in [7, 11) is 0. The maximum atomic E-state index is 13.9. The molecule has 0 fully saturated rings. The van der Waals surface area contributed by atoms with Crippen molar-refractivity contribution < 1.29 is 23.9 Å². The van der Waals surface area contributed by atoms with Crippen molar-refractivity contribution in [3.63, 3.8) is 0 Å². The number of nitro benzene ring substituents is 1. The van der Waals surface area contributed by atoms with E-state index in [1.165, 1.54) is 17.4 Å². The summed E-state index contributed by atoms with van der Waals surface area (Å²) in [6.45, 7) is 5.86. The number of carbonyl (C=O) groups excluding carboxylic acids is 1. The van der Waals surface area contributed by atoms with Gasteiger partial charge >= 0.3 is 5.97 Å². The molecule has 0 saturated carbocycles. The summed E-state index contributed by atoms with van der Waals surface area (Å²) in [4.78, 5) is 42.9. The van der Waals surface area contributed by atoms with E-state index in [1.807, 2.05) is 37.3 Å². The highest BCUT2D eigenvalue weighted by Crippen LogP contribution is 2.32. The van der Waals surface area contributed by atoms with Crippen molar-refractivity contribution in [3.8, 4) is 11.5 Å². The Kier molecular flexibility index (Phi) is 8.82. The third kappa shape index (κ3) is 6.12. The van der Waals surface area contributed by atoms with Crippen molar-refractivity contribution in [3.05, 3.63) is 131 Å². The quantitative estimate of drug-likeness (QED) is 0.147. The van der Waals surface area contributed by atoms with Crippen molar-refractivity contribution in [2.24, 2.45) is 4.99 Å². The van der Waals surface area contributed by atoms with Gasteiger partial charge in [0.25, 0.3) is 11.2 Å². The Labute approximate surface area is 251 Å². The average Bonchev–Trinajstić information content (AvgIpc) is 3.30. The number of benzene rings is 3. The first-order valence-corrected chi connectivity index (χ1v) is 14.5. The molecule has 5 rings (SSSR count). The van der Waals surface area contributed by atoms with Crippen LogP contribution in [0.1, 0.15) is 43.5 Å². The first-order valence-electron chi connectivity index (χ1n) is 13.7. The Morgan fingerprint density at radius 2 is 1.77 bits per heavy atom. The SMILES string of the molecule is CCOC(=O)C1=C(C)N=c2sc(=Cc3ccc(OCc4ccccc4[N+](=O)[O-])c(OCC)c3)c(=O)n2[C@@H]1c1ccccc1. The average molecular weight is 600 g/mol. The zero-order chi connectivity index (χ0) is 30.5. The molecule has 0 unspecified atom stereocenters. The highest BCUT2D eigenvalue weighted by Gasteiger charge is 2.33. The lowest BCUT2D eigenvalue weighted by molar-refractivity contribution is -0.385. The first kappa shape index (κ1) is 29.5. The van der Waals surface area contributed by atoms with E-state index < -0.39 is 16.9 Å². The first-order chi connectivity index (χ1) is 20.8. The molecule has 1 aliphatic rings. The molecule has 0 radical (unpaired) electrons. The topological polar surface area (TPSA) is 122 Å². The molecule has 4 aromatic rings. The number of nitrogens with zero attached hydrogens (tertiary/aromatic N) is 3. The van der Waals surface area contributed by atoms with Crippen LogP contribution < -0.4 is 24.4 Å². The Morgan fingerprint density at radius 3 is 2.49 bits per heavy atom. The maximum Gasteiger partial charge on any atom is 0.338 e. The number of ether oxygens (including phenoxy) is 3. The Hall–Kier alpha value is -5.03. The van der Waals surface area contributed by atoms with Gasteiger partial charge in [0.2, 0.25) is 0 Å². The van der Waals surface area contributed by atoms with Crippen LogP contribution in [0.15, 0.2) is 93.9 Å². The number of hydrogen-bond acceptors (Lipinski definition) is 9. The van der Waals surface area contributed by atoms with Gasteiger partial charge in [-0.15, -0.1) is 0 Å². The van der Waals surface area contributed by atoms with E-state index in [-0.39, 0.29) is 24.5 Å². The highest BCUT2D eigenvalue weighted by molar-refractivity contribution is 7.07. The van der Waals surface area contributed by atoms with Crippen LogP contribution in [-0.2, 0) is 16.1 Å². The van der Waals surface area contributed by atoms with Crippen molar-refractivity contribution in [1.29, 1.82) is 0 Å². The summed E-state index contributed by atoms with van der Waals surface area (Å²) in [5.41, 5.74) is 2.40. The zero-order valence-corrected chi connectivity index (χ0v) is 24.6. The molecule has 220 valence electrons. The number of aromatic nitrogens is 1. The van der Waals surface area contributed by atoms with E-state index in [4.69, 9.17) is 14.2 Å². The van der Waals surface area contributed by atoms with E-state index in [2.05, 4.69) is 4.99 Å². The molecule has 11 heteroatoms. The highest BCUT2D eigenvalue weighted by atomic mass is 32.1. The van der Waals surface area contributed by atoms with Crippen LogP contribution in [-0.4, -0.2) is 28.7 Å². The Morgan fingerprint density at radius 1 is 1.02 bits per heavy atom. The van der Waals surface area contributed by atoms with Crippen molar-refractivity contribution in [2.45, 2.75) is 33.4 Å². The van der Waals surface area contributed by atoms with Crippen LogP contribution in [0, 0.1) is 10.1 Å². The predicted molar refractivity (Wildman–Crippen MR) is 162 cm³/mol. The molecule has 0 aliphatic carbocycles. The lowest BCUT2D eigenvalue weighted by Crippen LogP contribution is -2.39. The van der Waals surface area contributed by atoms with Crippen molar-refractivity contribution in [2.75, 3.05) is 13.2 Å². The molecule has 1 atom stereocenters. The van der Waals surface area contributed by atoms with Gasteiger partial charge in [-0.1, -0.05) is 59.9 Å². The summed E-state index contributed by atoms with van der Waals surface area (Å²) < 4.78 is 19.0. The predicted octanol–water partition coefficient (Wildman–Crippen LogP) is 4.68. The van der Waals surface area contributed by atoms with E-state index in [0.717, 1.165) is 5.56 Å². The molecule has 1 aliphatic heterocycles. The van der Waals surface area contributed by atoms with Gasteiger partial charge in [-0.2, -0.15) is 0 Å². The summed E-state index contributed by atoms with van der Waals surface area (Å²) in [5.74, 6) is 0.340. The molecular weight excluding hydrogens is 570 g/mol. The van der Waals surface area contributed by atoms with Gasteiger partial charge in [0.05, 0.1) is 45.5 Å². The van der Waals surface area contributed by atoms with Crippen LogP contribution in [0.2, 0.25) is 0 Å². The normalized spacial score (nSPS) is 14.6. The van der Waals surface area contributed by atoms with Crippen molar-refractivity contribution in [1.82, 2.24) is 4.57 Å². The molecular formula is C32H29N3O7S. The van der Waals surface area contributed by atoms with Gasteiger partial charge in [-0.05, 0) is 56.2 Å². The summed E-state index contributed by atoms with van der Waals surface area (Å²) in [5, 5.41) is 11.4. The van der Waals surface area contributed by atoms with Crippen LogP contribution in [0.25, 0.3) is 6.08 Å². The lowest BCUT2D eigenvalue weighted by Gasteiger charge is -2.24. The summed E-state index contributed by atoms with van der Waals surface area (Å²) in [6, 6.07) is 20.3. The Balaban J connectivity index is 1.53. The Bertz CT molecular complexity index is 1890. The number of para-hydroxylation sites is 1. The third-order valence-electron chi connectivity index (χ3n) is 6.77. The molecule has 10 nitrogen and oxygen atoms in total. The van der Waals surface area contributed by atoms with E-state index in [0.29, 0.717) is 49.8 Å². The summed E-state index contributed by atoms with van der Waals surface area (Å²) >= 11 is 1.23. The van der Waals surface area contributed by atoms with Crippen LogP contribution in [0.4, 0.5) is 5.69 Å². The maximum absolute atomic E-state index is 13.9. The number of thiazole rings is 1. The molecule has 0 N–H and O–H groups in total. The van der Waals surface area contributed by atoms with Gasteiger partial charge < -0.3 is 14.2 Å². The standard InChI is InChI=1S/C32H29N3O7S/c1-4-40-26-17-21(15-16-25(26)42-19-23-13-9-10-14-24(23)35(38)39)18-27-30(36)34-29(22-11-7-6-8-12-22)28(31(37)41-5-2)20(3)33-32(34)43-27/h6-18,29H,4-5,19H2,1-3H3/t29-/m1/s1. The largest absolute Gasteiger partial charge is 0.490 e. The van der Waals surface area contributed by atoms with Gasteiger partial charge in [-0.3, -0.25) is 19.5 Å². The number of allylic oxidation sites excluding steroid dienone is 1. The molecule has 0 spiro atoms. The molecule has 43 heavy (non-hydrogen) atoms. The lowest BCUT2D eigenvalue weighted by atomic mass is 9.96. The number of nitro groups is 1. The monoisotopic (exact) mass is 599 g/mol. The van der Waals surface area contributed by atoms with Gasteiger partial charge in [0.1, 0.15) is 6.61 Å². The minimum absolute atomic E-state index is 0.0171. The van der Waals surface area contributed by atoms with Gasteiger partial charge in [-0.25, -0.2) is 9.79 Å². The molecule has 3 aromatic carbocycles. The molecule has 0 amide bonds. The van der Waals surface area contributed by atoms with Crippen LogP contribution >= 0.6 is 11.3 Å². The molecule has 0 bridgehead atoms. The fraction of sp³-hybridized carbons (Fsp3) is 0.219. The second-order valence-corrected chi connectivity index (χ2v) is 10.5. The smallest absolute Gasteiger partial charge is 0.338 e. The van der Waals surface area contributed by atoms with E-state index in [9.17, 15) is 19.7 Å². The second-order valence-electron chi connectivity index (χ2n) is 9.53. The van der Waals surface area contributed by atoms with E-state index >= 15 is 0 Å². The fourth-order valence-corrected chi connectivity index (χ4v) is 5.91.